The molecule has 22 heavy (non-hydrogen) atoms. The molecule has 2 amide bonds. The van der Waals surface area contributed by atoms with Gasteiger partial charge < -0.3 is 15.0 Å². The van der Waals surface area contributed by atoms with Crippen molar-refractivity contribution in [2.24, 2.45) is 5.92 Å². The molecule has 0 saturated carbocycles. The number of hydrogen-bond donors (Lipinski definition) is 1. The number of carbonyl (C=O) groups excluding carboxylic acids is 2. The summed E-state index contributed by atoms with van der Waals surface area (Å²) in [4.78, 5) is 26.5. The van der Waals surface area contributed by atoms with E-state index in [4.69, 9.17) is 4.74 Å². The van der Waals surface area contributed by atoms with Crippen LogP contribution in [0.3, 0.4) is 0 Å². The molecule has 5 nitrogen and oxygen atoms in total. The van der Waals surface area contributed by atoms with Gasteiger partial charge in [0.15, 0.2) is 0 Å². The molecule has 0 aliphatic carbocycles. The highest BCUT2D eigenvalue weighted by atomic mass is 16.5. The lowest BCUT2D eigenvalue weighted by atomic mass is 9.92. The average molecular weight is 304 g/mol. The van der Waals surface area contributed by atoms with Crippen molar-refractivity contribution in [1.82, 2.24) is 10.2 Å². The number of nitrogens with one attached hydrogen (secondary N) is 1. The van der Waals surface area contributed by atoms with E-state index in [0.29, 0.717) is 18.8 Å². The molecule has 0 radical (unpaired) electrons. The van der Waals surface area contributed by atoms with Crippen LogP contribution in [0.15, 0.2) is 24.3 Å². The standard InChI is InChI=1S/C17H24N2O3/c1-4-10-18-17(21)13-11-15(20)19(5-2)16(13)12-8-6-7-9-14(12)22-3/h6-9,13,16H,4-5,10-11H2,1-3H3,(H,18,21)/t13-,16+/m1/s1. The van der Waals surface area contributed by atoms with E-state index in [9.17, 15) is 9.59 Å². The maximum atomic E-state index is 12.5. The molecule has 0 bridgehead atoms. The van der Waals surface area contributed by atoms with E-state index in [1.54, 1.807) is 12.0 Å². The number of amides is 2. The SMILES string of the molecule is CCCNC(=O)[C@@H]1CC(=O)N(CC)[C@H]1c1ccccc1OC. The second kappa shape index (κ2) is 7.29. The quantitative estimate of drug-likeness (QED) is 0.876. The molecule has 1 N–H and O–H groups in total. The monoisotopic (exact) mass is 304 g/mol. The first-order valence-electron chi connectivity index (χ1n) is 7.84. The third-order valence-corrected chi connectivity index (χ3v) is 4.12. The van der Waals surface area contributed by atoms with Crippen molar-refractivity contribution in [2.75, 3.05) is 20.2 Å². The van der Waals surface area contributed by atoms with Crippen LogP contribution in [-0.2, 0) is 9.59 Å². The molecule has 1 aliphatic heterocycles. The Labute approximate surface area is 131 Å². The van der Waals surface area contributed by atoms with Crippen molar-refractivity contribution in [2.45, 2.75) is 32.7 Å². The first-order valence-corrected chi connectivity index (χ1v) is 7.84. The van der Waals surface area contributed by atoms with Crippen molar-refractivity contribution < 1.29 is 14.3 Å². The van der Waals surface area contributed by atoms with Gasteiger partial charge in [0.25, 0.3) is 0 Å². The fraction of sp³-hybridized carbons (Fsp3) is 0.529. The molecule has 1 fully saturated rings. The molecule has 1 aromatic carbocycles. The summed E-state index contributed by atoms with van der Waals surface area (Å²) in [6.45, 7) is 5.16. The Morgan fingerprint density at radius 3 is 2.73 bits per heavy atom. The van der Waals surface area contributed by atoms with E-state index in [0.717, 1.165) is 12.0 Å². The highest BCUT2D eigenvalue weighted by Crippen LogP contribution is 2.41. The molecular weight excluding hydrogens is 280 g/mol. The molecule has 2 atom stereocenters. The predicted octanol–water partition coefficient (Wildman–Crippen LogP) is 2.13. The highest BCUT2D eigenvalue weighted by molar-refractivity contribution is 5.90. The van der Waals surface area contributed by atoms with Crippen molar-refractivity contribution in [3.63, 3.8) is 0 Å². The number of likely N-dealkylation sites (tertiary alicyclic amines) is 1. The van der Waals surface area contributed by atoms with E-state index in [-0.39, 0.29) is 30.2 Å². The van der Waals surface area contributed by atoms with Crippen molar-refractivity contribution >= 4 is 11.8 Å². The van der Waals surface area contributed by atoms with E-state index in [1.807, 2.05) is 38.1 Å². The molecular formula is C17H24N2O3. The van der Waals surface area contributed by atoms with Gasteiger partial charge in [-0.1, -0.05) is 25.1 Å². The lowest BCUT2D eigenvalue weighted by molar-refractivity contribution is -0.129. The second-order valence-corrected chi connectivity index (χ2v) is 5.47. The molecule has 1 saturated heterocycles. The number of nitrogens with zero attached hydrogens (tertiary/aromatic N) is 1. The largest absolute Gasteiger partial charge is 0.496 e. The summed E-state index contributed by atoms with van der Waals surface area (Å²) in [6, 6.07) is 7.35. The Balaban J connectivity index is 2.36. The summed E-state index contributed by atoms with van der Waals surface area (Å²) in [6.07, 6.45) is 1.13. The molecule has 1 aliphatic rings. The summed E-state index contributed by atoms with van der Waals surface area (Å²) in [5.41, 5.74) is 0.898. The first kappa shape index (κ1) is 16.3. The first-order chi connectivity index (χ1) is 10.6. The molecule has 5 heteroatoms. The normalized spacial score (nSPS) is 21.0. The van der Waals surface area contributed by atoms with Gasteiger partial charge in [-0.3, -0.25) is 9.59 Å². The minimum Gasteiger partial charge on any atom is -0.496 e. The molecule has 0 aromatic heterocycles. The van der Waals surface area contributed by atoms with Gasteiger partial charge in [0.2, 0.25) is 11.8 Å². The van der Waals surface area contributed by atoms with E-state index in [1.165, 1.54) is 0 Å². The van der Waals surface area contributed by atoms with Crippen molar-refractivity contribution in [3.05, 3.63) is 29.8 Å². The van der Waals surface area contributed by atoms with Crippen LogP contribution in [0, 0.1) is 5.92 Å². The van der Waals surface area contributed by atoms with Crippen LogP contribution < -0.4 is 10.1 Å². The zero-order chi connectivity index (χ0) is 16.1. The summed E-state index contributed by atoms with van der Waals surface area (Å²) < 4.78 is 5.43. The topological polar surface area (TPSA) is 58.6 Å². The van der Waals surface area contributed by atoms with Gasteiger partial charge in [0.05, 0.1) is 19.1 Å². The molecule has 1 aromatic rings. The fourth-order valence-corrected chi connectivity index (χ4v) is 3.07. The van der Waals surface area contributed by atoms with Crippen LogP contribution in [0.4, 0.5) is 0 Å². The zero-order valence-electron chi connectivity index (χ0n) is 13.5. The van der Waals surface area contributed by atoms with Crippen molar-refractivity contribution in [1.29, 1.82) is 0 Å². The van der Waals surface area contributed by atoms with Gasteiger partial charge in [-0.25, -0.2) is 0 Å². The average Bonchev–Trinajstić information content (AvgIpc) is 2.88. The maximum Gasteiger partial charge on any atom is 0.226 e. The lowest BCUT2D eigenvalue weighted by Gasteiger charge is -2.28. The highest BCUT2D eigenvalue weighted by Gasteiger charge is 2.44. The van der Waals surface area contributed by atoms with Crippen LogP contribution in [-0.4, -0.2) is 36.9 Å². The van der Waals surface area contributed by atoms with Gasteiger partial charge in [0, 0.05) is 25.1 Å². The summed E-state index contributed by atoms with van der Waals surface area (Å²) in [7, 11) is 1.61. The molecule has 0 unspecified atom stereocenters. The maximum absolute atomic E-state index is 12.5. The number of methoxy groups -OCH3 is 1. The van der Waals surface area contributed by atoms with Crippen LogP contribution in [0.5, 0.6) is 5.75 Å². The minimum absolute atomic E-state index is 0.0232. The number of hydrogen-bond acceptors (Lipinski definition) is 3. The van der Waals surface area contributed by atoms with Gasteiger partial charge in [-0.15, -0.1) is 0 Å². The fourth-order valence-electron chi connectivity index (χ4n) is 3.07. The smallest absolute Gasteiger partial charge is 0.226 e. The lowest BCUT2D eigenvalue weighted by Crippen LogP contribution is -2.36. The minimum atomic E-state index is -0.365. The summed E-state index contributed by atoms with van der Waals surface area (Å²) in [5, 5.41) is 2.92. The molecule has 0 spiro atoms. The Morgan fingerprint density at radius 2 is 2.09 bits per heavy atom. The van der Waals surface area contributed by atoms with Crippen LogP contribution in [0.1, 0.15) is 38.3 Å². The summed E-state index contributed by atoms with van der Waals surface area (Å²) in [5.74, 6) is 0.321. The van der Waals surface area contributed by atoms with Gasteiger partial charge in [0.1, 0.15) is 5.75 Å². The van der Waals surface area contributed by atoms with Crippen LogP contribution >= 0.6 is 0 Å². The van der Waals surface area contributed by atoms with Gasteiger partial charge in [-0.05, 0) is 19.4 Å². The van der Waals surface area contributed by atoms with Gasteiger partial charge >= 0.3 is 0 Å². The Hall–Kier alpha value is -2.04. The number of para-hydroxylation sites is 1. The Morgan fingerprint density at radius 1 is 1.36 bits per heavy atom. The molecule has 120 valence electrons. The Bertz CT molecular complexity index is 544. The van der Waals surface area contributed by atoms with E-state index in [2.05, 4.69) is 5.32 Å². The van der Waals surface area contributed by atoms with Gasteiger partial charge in [-0.2, -0.15) is 0 Å². The third-order valence-electron chi connectivity index (χ3n) is 4.12. The molecule has 2 rings (SSSR count). The number of ether oxygens (including phenoxy) is 1. The zero-order valence-corrected chi connectivity index (χ0v) is 13.5. The predicted molar refractivity (Wildman–Crippen MR) is 84.5 cm³/mol. The number of rotatable bonds is 6. The van der Waals surface area contributed by atoms with Crippen molar-refractivity contribution in [3.8, 4) is 5.75 Å². The third kappa shape index (κ3) is 3.08. The van der Waals surface area contributed by atoms with Crippen LogP contribution in [0.25, 0.3) is 0 Å². The van der Waals surface area contributed by atoms with Crippen LogP contribution in [0.2, 0.25) is 0 Å². The molecule has 1 heterocycles. The van der Waals surface area contributed by atoms with E-state index < -0.39 is 0 Å². The summed E-state index contributed by atoms with van der Waals surface area (Å²) >= 11 is 0. The number of benzene rings is 1. The second-order valence-electron chi connectivity index (χ2n) is 5.47. The van der Waals surface area contributed by atoms with E-state index >= 15 is 0 Å². The Kier molecular flexibility index (Phi) is 5.41. The number of carbonyl (C=O) groups is 2.